The third-order valence-electron chi connectivity index (χ3n) is 4.63. The predicted molar refractivity (Wildman–Crippen MR) is 143 cm³/mol. The highest BCUT2D eigenvalue weighted by Crippen LogP contribution is 2.25. The van der Waals surface area contributed by atoms with Gasteiger partial charge in [-0.25, -0.2) is 4.39 Å². The Kier molecular flexibility index (Phi) is 18.9. The van der Waals surface area contributed by atoms with Gasteiger partial charge in [0.05, 0.1) is 0 Å². The summed E-state index contributed by atoms with van der Waals surface area (Å²) in [4.78, 5) is 0. The van der Waals surface area contributed by atoms with Gasteiger partial charge in [0.2, 0.25) is 0 Å². The van der Waals surface area contributed by atoms with Gasteiger partial charge in [-0.1, -0.05) is 77.5 Å². The van der Waals surface area contributed by atoms with Gasteiger partial charge < -0.3 is 10.1 Å². The zero-order chi connectivity index (χ0) is 25.1. The number of benzene rings is 1. The summed E-state index contributed by atoms with van der Waals surface area (Å²) in [5.74, 6) is 0.659. The quantitative estimate of drug-likeness (QED) is 0.221. The predicted octanol–water partition coefficient (Wildman–Crippen LogP) is 9.99. The molecule has 0 fully saturated rings. The largest absolute Gasteiger partial charge is 0.455 e. The lowest BCUT2D eigenvalue weighted by molar-refractivity contribution is 0.411. The molecule has 0 bridgehead atoms. The molecule has 1 aromatic rings. The van der Waals surface area contributed by atoms with Gasteiger partial charge in [0.1, 0.15) is 5.76 Å². The van der Waals surface area contributed by atoms with Gasteiger partial charge in [-0.15, -0.1) is 0 Å². The monoisotopic (exact) mass is 443 g/mol. The summed E-state index contributed by atoms with van der Waals surface area (Å²) in [6, 6.07) is 4.81. The molecule has 1 aromatic carbocycles. The Balaban J connectivity index is 0. The molecule has 0 aliphatic heterocycles. The van der Waals surface area contributed by atoms with Crippen LogP contribution in [0.15, 0.2) is 78.3 Å². The number of rotatable bonds is 10. The fourth-order valence-corrected chi connectivity index (χ4v) is 2.30. The molecular formula is C29H46FNO. The Hall–Kier alpha value is -2.55. The van der Waals surface area contributed by atoms with E-state index in [1.54, 1.807) is 24.3 Å². The second-order valence-electron chi connectivity index (χ2n) is 7.46. The molecule has 0 spiro atoms. The van der Waals surface area contributed by atoms with Gasteiger partial charge in [-0.2, -0.15) is 0 Å². The Bertz CT molecular complexity index is 771. The molecule has 0 aliphatic rings. The molecule has 3 heteroatoms. The zero-order valence-corrected chi connectivity index (χ0v) is 21.9. The first-order valence-corrected chi connectivity index (χ1v) is 11.7. The third kappa shape index (κ3) is 14.5. The smallest absolute Gasteiger partial charge is 0.167 e. The number of anilines is 1. The molecule has 32 heavy (non-hydrogen) atoms. The van der Waals surface area contributed by atoms with Crippen molar-refractivity contribution in [2.75, 3.05) is 5.32 Å². The van der Waals surface area contributed by atoms with E-state index in [0.717, 1.165) is 17.7 Å². The van der Waals surface area contributed by atoms with Crippen LogP contribution in [0.2, 0.25) is 0 Å². The highest BCUT2D eigenvalue weighted by atomic mass is 19.1. The normalized spacial score (nSPS) is 12.2. The highest BCUT2D eigenvalue weighted by molar-refractivity contribution is 5.51. The lowest BCUT2D eigenvalue weighted by Gasteiger charge is -2.16. The van der Waals surface area contributed by atoms with Crippen LogP contribution in [0, 0.1) is 11.7 Å². The Morgan fingerprint density at radius 1 is 1.09 bits per heavy atom. The van der Waals surface area contributed by atoms with Crippen LogP contribution in [0.1, 0.15) is 81.6 Å². The molecule has 0 aliphatic carbocycles. The molecule has 1 unspecified atom stereocenters. The number of nitrogens with one attached hydrogen (secondary N) is 1. The lowest BCUT2D eigenvalue weighted by Crippen LogP contribution is -2.07. The lowest BCUT2D eigenvalue weighted by atomic mass is 10.1. The van der Waals surface area contributed by atoms with Gasteiger partial charge in [-0.05, 0) is 70.7 Å². The van der Waals surface area contributed by atoms with Crippen LogP contribution in [0.25, 0.3) is 0 Å². The average Bonchev–Trinajstić information content (AvgIpc) is 2.79. The number of hydrogen-bond acceptors (Lipinski definition) is 2. The van der Waals surface area contributed by atoms with Crippen molar-refractivity contribution >= 4 is 5.69 Å². The van der Waals surface area contributed by atoms with E-state index >= 15 is 0 Å². The number of hydrogen-bond donors (Lipinski definition) is 1. The van der Waals surface area contributed by atoms with E-state index in [9.17, 15) is 4.39 Å². The van der Waals surface area contributed by atoms with Gasteiger partial charge in [0.25, 0.3) is 0 Å². The molecule has 1 N–H and O–H groups in total. The summed E-state index contributed by atoms with van der Waals surface area (Å²) in [5.41, 5.74) is 3.94. The van der Waals surface area contributed by atoms with Crippen molar-refractivity contribution in [1.82, 2.24) is 0 Å². The maximum absolute atomic E-state index is 14.2. The van der Waals surface area contributed by atoms with E-state index in [2.05, 4.69) is 59.2 Å². The maximum Gasteiger partial charge on any atom is 0.167 e. The van der Waals surface area contributed by atoms with E-state index < -0.39 is 5.82 Å². The van der Waals surface area contributed by atoms with Crippen molar-refractivity contribution in [3.05, 3.63) is 84.1 Å². The van der Waals surface area contributed by atoms with Crippen LogP contribution in [0.3, 0.4) is 0 Å². The standard InChI is InChI=1S/C20H26FNO.C7H14.C2H6/c1-7-15(5)16(6)22-17-10-12-20(19(21)13-17)23-18(8-2)11-9-14(3)4;1-4-6-7(3)5-2;1-2/h8-13,15,22H,3,6-7H2,1-2,4-5H3;5H,4,6H2,1-3H3;1-2H3/b11-9-,18-8+;7-5+;. The molecule has 180 valence electrons. The van der Waals surface area contributed by atoms with Gasteiger partial charge >= 0.3 is 0 Å². The first-order valence-electron chi connectivity index (χ1n) is 11.7. The molecular weight excluding hydrogens is 397 g/mol. The van der Waals surface area contributed by atoms with Gasteiger partial charge in [0.15, 0.2) is 11.6 Å². The van der Waals surface area contributed by atoms with Crippen molar-refractivity contribution in [1.29, 1.82) is 0 Å². The van der Waals surface area contributed by atoms with E-state index in [0.29, 0.717) is 17.4 Å². The van der Waals surface area contributed by atoms with E-state index in [1.807, 2.05) is 33.8 Å². The summed E-state index contributed by atoms with van der Waals surface area (Å²) >= 11 is 0. The topological polar surface area (TPSA) is 21.3 Å². The van der Waals surface area contributed by atoms with Crippen LogP contribution in [-0.2, 0) is 0 Å². The molecule has 0 amide bonds. The van der Waals surface area contributed by atoms with Crippen LogP contribution < -0.4 is 10.1 Å². The average molecular weight is 444 g/mol. The SMILES string of the molecule is C/C=C(\C)CCC.C=C(C)/C=C\C(=C/C)Oc1ccc(NC(=C)C(C)CC)cc1F.CC. The number of halogens is 1. The molecule has 0 heterocycles. The molecule has 0 saturated carbocycles. The van der Waals surface area contributed by atoms with Crippen molar-refractivity contribution in [2.24, 2.45) is 5.92 Å². The summed E-state index contributed by atoms with van der Waals surface area (Å²) in [7, 11) is 0. The molecule has 0 aromatic heterocycles. The van der Waals surface area contributed by atoms with Gasteiger partial charge in [-0.3, -0.25) is 0 Å². The first kappa shape index (κ1) is 31.6. The summed E-state index contributed by atoms with van der Waals surface area (Å²) in [5, 5.41) is 3.14. The van der Waals surface area contributed by atoms with Crippen LogP contribution in [0.5, 0.6) is 5.75 Å². The highest BCUT2D eigenvalue weighted by Gasteiger charge is 2.09. The number of ether oxygens (including phenoxy) is 1. The molecule has 0 saturated heterocycles. The first-order chi connectivity index (χ1) is 15.2. The summed E-state index contributed by atoms with van der Waals surface area (Å²) in [6.07, 6.45) is 11.0. The third-order valence-corrected chi connectivity index (χ3v) is 4.63. The second-order valence-corrected chi connectivity index (χ2v) is 7.46. The molecule has 1 atom stereocenters. The van der Waals surface area contributed by atoms with Gasteiger partial charge in [0, 0.05) is 17.5 Å². The Labute approximate surface area is 197 Å². The summed E-state index contributed by atoms with van der Waals surface area (Å²) in [6.45, 7) is 26.1. The minimum atomic E-state index is -0.421. The fraction of sp³-hybridized carbons (Fsp3) is 0.448. The van der Waals surface area contributed by atoms with Crippen LogP contribution in [-0.4, -0.2) is 0 Å². The summed E-state index contributed by atoms with van der Waals surface area (Å²) < 4.78 is 19.8. The molecule has 1 rings (SSSR count). The Morgan fingerprint density at radius 2 is 1.72 bits per heavy atom. The van der Waals surface area contributed by atoms with Crippen molar-refractivity contribution in [2.45, 2.75) is 81.6 Å². The molecule has 0 radical (unpaired) electrons. The Morgan fingerprint density at radius 3 is 2.12 bits per heavy atom. The zero-order valence-electron chi connectivity index (χ0n) is 21.9. The molecule has 2 nitrogen and oxygen atoms in total. The maximum atomic E-state index is 14.2. The van der Waals surface area contributed by atoms with E-state index in [4.69, 9.17) is 4.74 Å². The second kappa shape index (κ2) is 19.2. The minimum Gasteiger partial charge on any atom is -0.455 e. The minimum absolute atomic E-state index is 0.184. The van der Waals surface area contributed by atoms with Crippen molar-refractivity contribution in [3.8, 4) is 5.75 Å². The van der Waals surface area contributed by atoms with E-state index in [1.165, 1.54) is 24.5 Å². The van der Waals surface area contributed by atoms with Crippen molar-refractivity contribution in [3.63, 3.8) is 0 Å². The fourth-order valence-electron chi connectivity index (χ4n) is 2.30. The van der Waals surface area contributed by atoms with Crippen LogP contribution in [0.4, 0.5) is 10.1 Å². The van der Waals surface area contributed by atoms with Crippen LogP contribution >= 0.6 is 0 Å². The number of allylic oxidation sites excluding steroid dienone is 7. The van der Waals surface area contributed by atoms with Crippen molar-refractivity contribution < 1.29 is 9.13 Å². The van der Waals surface area contributed by atoms with E-state index in [-0.39, 0.29) is 5.75 Å².